The molecule has 1 aliphatic rings. The van der Waals surface area contributed by atoms with Gasteiger partial charge in [0, 0.05) is 19.1 Å². The first kappa shape index (κ1) is 23.0. The molecule has 0 spiro atoms. The van der Waals surface area contributed by atoms with Crippen LogP contribution in [-0.4, -0.2) is 48.3 Å². The Balaban J connectivity index is 1.67. The SMILES string of the molecule is CCCCOC(=O)N1CC(COCc2ccccc2)NC(c2cc(Cl)nc(Br)c2)C1. The first-order chi connectivity index (χ1) is 14.5. The van der Waals surface area contributed by atoms with Gasteiger partial charge < -0.3 is 19.7 Å². The lowest BCUT2D eigenvalue weighted by molar-refractivity contribution is 0.0468. The van der Waals surface area contributed by atoms with E-state index >= 15 is 0 Å². The molecule has 1 N–H and O–H groups in total. The maximum atomic E-state index is 12.6. The zero-order chi connectivity index (χ0) is 21.3. The van der Waals surface area contributed by atoms with Gasteiger partial charge in [0.2, 0.25) is 0 Å². The van der Waals surface area contributed by atoms with Gasteiger partial charge in [-0.3, -0.25) is 0 Å². The third-order valence-electron chi connectivity index (χ3n) is 4.88. The summed E-state index contributed by atoms with van der Waals surface area (Å²) in [4.78, 5) is 18.5. The molecular formula is C22H27BrClN3O3. The van der Waals surface area contributed by atoms with E-state index in [0.717, 1.165) is 24.0 Å². The van der Waals surface area contributed by atoms with Crippen LogP contribution >= 0.6 is 27.5 Å². The Bertz CT molecular complexity index is 804. The molecule has 1 aromatic carbocycles. The molecule has 8 heteroatoms. The van der Waals surface area contributed by atoms with Crippen molar-refractivity contribution >= 4 is 33.6 Å². The molecule has 1 saturated heterocycles. The van der Waals surface area contributed by atoms with Crippen LogP contribution in [0.4, 0.5) is 4.79 Å². The van der Waals surface area contributed by atoms with E-state index in [0.29, 0.717) is 42.7 Å². The predicted molar refractivity (Wildman–Crippen MR) is 121 cm³/mol. The van der Waals surface area contributed by atoms with Gasteiger partial charge in [-0.05, 0) is 45.6 Å². The van der Waals surface area contributed by atoms with Crippen molar-refractivity contribution in [1.29, 1.82) is 0 Å². The first-order valence-electron chi connectivity index (χ1n) is 10.2. The normalized spacial score (nSPS) is 19.0. The molecule has 3 rings (SSSR count). The molecule has 1 aromatic heterocycles. The standard InChI is InChI=1S/C22H27BrClN3O3/c1-2-3-9-30-22(28)27-12-18(15-29-14-16-7-5-4-6-8-16)25-19(13-27)17-10-20(23)26-21(24)11-17/h4-8,10-11,18-19,25H,2-3,9,12-15H2,1H3. The summed E-state index contributed by atoms with van der Waals surface area (Å²) in [5.41, 5.74) is 2.08. The smallest absolute Gasteiger partial charge is 0.409 e. The van der Waals surface area contributed by atoms with Crippen LogP contribution in [0.25, 0.3) is 0 Å². The Morgan fingerprint density at radius 3 is 2.83 bits per heavy atom. The van der Waals surface area contributed by atoms with Crippen molar-refractivity contribution in [2.45, 2.75) is 38.5 Å². The number of amides is 1. The van der Waals surface area contributed by atoms with Crippen LogP contribution < -0.4 is 5.32 Å². The van der Waals surface area contributed by atoms with Crippen molar-refractivity contribution in [2.75, 3.05) is 26.3 Å². The average Bonchev–Trinajstić information content (AvgIpc) is 2.74. The zero-order valence-corrected chi connectivity index (χ0v) is 19.4. The van der Waals surface area contributed by atoms with Crippen LogP contribution in [0.2, 0.25) is 5.15 Å². The van der Waals surface area contributed by atoms with E-state index in [1.165, 1.54) is 0 Å². The highest BCUT2D eigenvalue weighted by Crippen LogP contribution is 2.25. The Morgan fingerprint density at radius 1 is 1.30 bits per heavy atom. The summed E-state index contributed by atoms with van der Waals surface area (Å²) < 4.78 is 12.0. The van der Waals surface area contributed by atoms with Crippen molar-refractivity contribution in [3.8, 4) is 0 Å². The quantitative estimate of drug-likeness (QED) is 0.413. The number of nitrogens with one attached hydrogen (secondary N) is 1. The maximum absolute atomic E-state index is 12.6. The zero-order valence-electron chi connectivity index (χ0n) is 17.0. The highest BCUT2D eigenvalue weighted by molar-refractivity contribution is 9.10. The first-order valence-corrected chi connectivity index (χ1v) is 11.3. The molecule has 6 nitrogen and oxygen atoms in total. The number of rotatable bonds is 8. The van der Waals surface area contributed by atoms with Crippen LogP contribution in [0.3, 0.4) is 0 Å². The molecule has 2 aromatic rings. The number of ether oxygens (including phenoxy) is 2. The second kappa shape index (κ2) is 11.6. The molecule has 162 valence electrons. The van der Waals surface area contributed by atoms with Crippen molar-refractivity contribution in [2.24, 2.45) is 0 Å². The Hall–Kier alpha value is -1.67. The minimum atomic E-state index is -0.290. The van der Waals surface area contributed by atoms with Crippen molar-refractivity contribution < 1.29 is 14.3 Å². The van der Waals surface area contributed by atoms with E-state index in [1.807, 2.05) is 42.5 Å². The third-order valence-corrected chi connectivity index (χ3v) is 5.48. The van der Waals surface area contributed by atoms with Gasteiger partial charge in [0.25, 0.3) is 0 Å². The predicted octanol–water partition coefficient (Wildman–Crippen LogP) is 4.97. The van der Waals surface area contributed by atoms with E-state index < -0.39 is 0 Å². The van der Waals surface area contributed by atoms with Crippen molar-refractivity contribution in [3.63, 3.8) is 0 Å². The fourth-order valence-electron chi connectivity index (χ4n) is 3.38. The van der Waals surface area contributed by atoms with Gasteiger partial charge in [-0.1, -0.05) is 55.3 Å². The summed E-state index contributed by atoms with van der Waals surface area (Å²) in [6.07, 6.45) is 1.55. The summed E-state index contributed by atoms with van der Waals surface area (Å²) in [7, 11) is 0. The molecule has 2 heterocycles. The van der Waals surface area contributed by atoms with Gasteiger partial charge in [-0.25, -0.2) is 9.78 Å². The van der Waals surface area contributed by atoms with E-state index in [4.69, 9.17) is 21.1 Å². The van der Waals surface area contributed by atoms with Crippen LogP contribution in [0.1, 0.15) is 36.9 Å². The maximum Gasteiger partial charge on any atom is 0.409 e. The molecule has 1 aliphatic heterocycles. The fraction of sp³-hybridized carbons (Fsp3) is 0.455. The average molecular weight is 497 g/mol. The van der Waals surface area contributed by atoms with Crippen LogP contribution in [0.15, 0.2) is 47.1 Å². The van der Waals surface area contributed by atoms with Crippen molar-refractivity contribution in [1.82, 2.24) is 15.2 Å². The van der Waals surface area contributed by atoms with Gasteiger partial charge >= 0.3 is 6.09 Å². The number of halogens is 2. The monoisotopic (exact) mass is 495 g/mol. The second-order valence-corrected chi connectivity index (χ2v) is 8.54. The summed E-state index contributed by atoms with van der Waals surface area (Å²) >= 11 is 9.54. The number of carbonyl (C=O) groups excluding carboxylic acids is 1. The van der Waals surface area contributed by atoms with Gasteiger partial charge in [0.15, 0.2) is 0 Å². The number of benzene rings is 1. The highest BCUT2D eigenvalue weighted by atomic mass is 79.9. The summed E-state index contributed by atoms with van der Waals surface area (Å²) in [6.45, 7) is 4.52. The molecule has 0 bridgehead atoms. The highest BCUT2D eigenvalue weighted by Gasteiger charge is 2.31. The van der Waals surface area contributed by atoms with E-state index in [-0.39, 0.29) is 18.2 Å². The molecule has 0 radical (unpaired) electrons. The van der Waals surface area contributed by atoms with E-state index in [2.05, 4.69) is 33.2 Å². The van der Waals surface area contributed by atoms with Crippen molar-refractivity contribution in [3.05, 3.63) is 63.3 Å². The van der Waals surface area contributed by atoms with Crippen LogP contribution in [0.5, 0.6) is 0 Å². The minimum absolute atomic E-state index is 0.0306. The van der Waals surface area contributed by atoms with Crippen LogP contribution in [0, 0.1) is 0 Å². The molecular weight excluding hydrogens is 470 g/mol. The lowest BCUT2D eigenvalue weighted by Crippen LogP contribution is -2.55. The van der Waals surface area contributed by atoms with Gasteiger partial charge in [-0.2, -0.15) is 0 Å². The van der Waals surface area contributed by atoms with Crippen LogP contribution in [-0.2, 0) is 16.1 Å². The Kier molecular flexibility index (Phi) is 8.93. The second-order valence-electron chi connectivity index (χ2n) is 7.34. The van der Waals surface area contributed by atoms with Gasteiger partial charge in [0.05, 0.1) is 25.9 Å². The molecule has 0 aliphatic carbocycles. The number of nitrogens with zero attached hydrogens (tertiary/aromatic N) is 2. The number of piperazine rings is 1. The Labute approximate surface area is 191 Å². The molecule has 1 fully saturated rings. The summed E-state index contributed by atoms with van der Waals surface area (Å²) in [5, 5.41) is 3.98. The van der Waals surface area contributed by atoms with Gasteiger partial charge in [0.1, 0.15) is 9.76 Å². The number of pyridine rings is 1. The number of unbranched alkanes of at least 4 members (excludes halogenated alkanes) is 1. The molecule has 0 saturated carbocycles. The summed E-state index contributed by atoms with van der Waals surface area (Å²) in [5.74, 6) is 0. The summed E-state index contributed by atoms with van der Waals surface area (Å²) in [6, 6.07) is 13.6. The number of carbonyl (C=O) groups is 1. The minimum Gasteiger partial charge on any atom is -0.449 e. The van der Waals surface area contributed by atoms with E-state index in [1.54, 1.807) is 4.90 Å². The topological polar surface area (TPSA) is 63.7 Å². The van der Waals surface area contributed by atoms with E-state index in [9.17, 15) is 4.79 Å². The number of hydrogen-bond acceptors (Lipinski definition) is 5. The largest absolute Gasteiger partial charge is 0.449 e. The lowest BCUT2D eigenvalue weighted by atomic mass is 10.0. The molecule has 1 amide bonds. The number of aromatic nitrogens is 1. The number of hydrogen-bond donors (Lipinski definition) is 1. The fourth-order valence-corrected chi connectivity index (χ4v) is 4.15. The molecule has 2 unspecified atom stereocenters. The van der Waals surface area contributed by atoms with Gasteiger partial charge in [-0.15, -0.1) is 0 Å². The Morgan fingerprint density at radius 2 is 2.10 bits per heavy atom. The third kappa shape index (κ3) is 6.94. The lowest BCUT2D eigenvalue weighted by Gasteiger charge is -2.38. The molecule has 2 atom stereocenters. The molecule has 30 heavy (non-hydrogen) atoms.